The molecule has 0 bridgehead atoms. The Balaban J connectivity index is 2.79. The number of amides is 1. The second-order valence-corrected chi connectivity index (χ2v) is 7.45. The normalized spacial score (nSPS) is 12.8. The second-order valence-electron chi connectivity index (χ2n) is 7.45. The topological polar surface area (TPSA) is 81.9 Å². The van der Waals surface area contributed by atoms with Crippen molar-refractivity contribution in [3.8, 4) is 0 Å². The number of esters is 1. The van der Waals surface area contributed by atoms with Crippen LogP contribution < -0.4 is 0 Å². The molecular formula is C18H30N2O5. The van der Waals surface area contributed by atoms with Crippen LogP contribution in [-0.2, 0) is 15.9 Å². The van der Waals surface area contributed by atoms with Crippen LogP contribution in [0, 0.1) is 12.8 Å². The van der Waals surface area contributed by atoms with Gasteiger partial charge in [0.2, 0.25) is 0 Å². The molecule has 0 fully saturated rings. The van der Waals surface area contributed by atoms with E-state index in [2.05, 4.69) is 9.72 Å². The van der Waals surface area contributed by atoms with E-state index in [0.29, 0.717) is 24.5 Å². The molecule has 0 saturated carbocycles. The Kier molecular flexibility index (Phi) is 7.02. The third-order valence-corrected chi connectivity index (χ3v) is 3.82. The van der Waals surface area contributed by atoms with Crippen molar-refractivity contribution in [3.05, 3.63) is 17.3 Å². The molecule has 1 rings (SSSR count). The first-order valence-corrected chi connectivity index (χ1v) is 8.46. The highest BCUT2D eigenvalue weighted by Gasteiger charge is 2.28. The zero-order valence-electron chi connectivity index (χ0n) is 16.5. The van der Waals surface area contributed by atoms with Gasteiger partial charge in [-0.05, 0) is 40.0 Å². The molecule has 0 radical (unpaired) electrons. The highest BCUT2D eigenvalue weighted by Crippen LogP contribution is 2.20. The largest absolute Gasteiger partial charge is 0.464 e. The van der Waals surface area contributed by atoms with Crippen LogP contribution in [0.15, 0.2) is 4.42 Å². The maximum atomic E-state index is 12.3. The van der Waals surface area contributed by atoms with E-state index < -0.39 is 11.6 Å². The summed E-state index contributed by atoms with van der Waals surface area (Å²) in [6.07, 6.45) is 0.798. The standard InChI is InChI=1S/C18H30N2O5/c1-11(2)13(20(7)17(22)25-18(4,5)6)9-10-14-19-15(12(3)24-14)16(21)23-8/h11,13H,9-10H2,1-8H3/t13-/m1/s1. The fourth-order valence-corrected chi connectivity index (χ4v) is 2.56. The predicted octanol–water partition coefficient (Wildman–Crippen LogP) is 3.59. The molecule has 142 valence electrons. The molecule has 0 aromatic carbocycles. The minimum absolute atomic E-state index is 0.0383. The molecule has 0 spiro atoms. The van der Waals surface area contributed by atoms with Gasteiger partial charge in [-0.2, -0.15) is 0 Å². The Bertz CT molecular complexity index is 601. The number of carbonyl (C=O) groups excluding carboxylic acids is 2. The lowest BCUT2D eigenvalue weighted by Crippen LogP contribution is -2.43. The van der Waals surface area contributed by atoms with Crippen LogP contribution >= 0.6 is 0 Å². The lowest BCUT2D eigenvalue weighted by molar-refractivity contribution is 0.0168. The summed E-state index contributed by atoms with van der Waals surface area (Å²) in [5.41, 5.74) is -0.346. The number of ether oxygens (including phenoxy) is 2. The monoisotopic (exact) mass is 354 g/mol. The highest BCUT2D eigenvalue weighted by molar-refractivity contribution is 5.88. The minimum atomic E-state index is -0.540. The van der Waals surface area contributed by atoms with E-state index in [1.165, 1.54) is 7.11 Å². The van der Waals surface area contributed by atoms with Crippen molar-refractivity contribution in [2.24, 2.45) is 5.92 Å². The van der Waals surface area contributed by atoms with Gasteiger partial charge in [0, 0.05) is 19.5 Å². The van der Waals surface area contributed by atoms with Crippen molar-refractivity contribution in [1.29, 1.82) is 0 Å². The molecule has 0 N–H and O–H groups in total. The summed E-state index contributed by atoms with van der Waals surface area (Å²) in [6.45, 7) is 11.3. The molecule has 25 heavy (non-hydrogen) atoms. The van der Waals surface area contributed by atoms with Gasteiger partial charge in [-0.15, -0.1) is 0 Å². The minimum Gasteiger partial charge on any atom is -0.464 e. The van der Waals surface area contributed by atoms with Crippen molar-refractivity contribution in [2.75, 3.05) is 14.2 Å². The van der Waals surface area contributed by atoms with Gasteiger partial charge >= 0.3 is 12.1 Å². The lowest BCUT2D eigenvalue weighted by atomic mass is 9.98. The number of nitrogens with zero attached hydrogens (tertiary/aromatic N) is 2. The van der Waals surface area contributed by atoms with Crippen molar-refractivity contribution in [3.63, 3.8) is 0 Å². The van der Waals surface area contributed by atoms with E-state index in [-0.39, 0.29) is 23.7 Å². The number of methoxy groups -OCH3 is 1. The van der Waals surface area contributed by atoms with Gasteiger partial charge < -0.3 is 18.8 Å². The van der Waals surface area contributed by atoms with Crippen LogP contribution in [0.2, 0.25) is 0 Å². The highest BCUT2D eigenvalue weighted by atomic mass is 16.6. The van der Waals surface area contributed by atoms with Crippen molar-refractivity contribution in [2.45, 2.75) is 66.0 Å². The van der Waals surface area contributed by atoms with Crippen molar-refractivity contribution < 1.29 is 23.5 Å². The fourth-order valence-electron chi connectivity index (χ4n) is 2.56. The molecule has 7 heteroatoms. The Morgan fingerprint density at radius 1 is 1.28 bits per heavy atom. The summed E-state index contributed by atoms with van der Waals surface area (Å²) >= 11 is 0. The lowest BCUT2D eigenvalue weighted by Gasteiger charge is -2.33. The summed E-state index contributed by atoms with van der Waals surface area (Å²) < 4.78 is 15.7. The van der Waals surface area contributed by atoms with Gasteiger partial charge in [-0.1, -0.05) is 13.8 Å². The van der Waals surface area contributed by atoms with Gasteiger partial charge in [0.25, 0.3) is 0 Å². The molecular weight excluding hydrogens is 324 g/mol. The first-order valence-electron chi connectivity index (χ1n) is 8.46. The summed E-state index contributed by atoms with van der Waals surface area (Å²) in [6, 6.07) is -0.0383. The third kappa shape index (κ3) is 6.07. The van der Waals surface area contributed by atoms with Gasteiger partial charge in [-0.3, -0.25) is 0 Å². The Labute approximate surface area is 149 Å². The van der Waals surface area contributed by atoms with Crippen molar-refractivity contribution >= 4 is 12.1 Å². The van der Waals surface area contributed by atoms with E-state index in [1.54, 1.807) is 18.9 Å². The molecule has 1 amide bonds. The summed E-state index contributed by atoms with van der Waals surface area (Å²) in [4.78, 5) is 29.7. The molecule has 0 aliphatic heterocycles. The van der Waals surface area contributed by atoms with Crippen LogP contribution in [0.25, 0.3) is 0 Å². The number of carbonyl (C=O) groups is 2. The second kappa shape index (κ2) is 8.36. The van der Waals surface area contributed by atoms with Crippen LogP contribution in [0.5, 0.6) is 0 Å². The number of hydrogen-bond donors (Lipinski definition) is 0. The maximum Gasteiger partial charge on any atom is 0.410 e. The molecule has 1 aromatic rings. The van der Waals surface area contributed by atoms with E-state index in [4.69, 9.17) is 9.15 Å². The Morgan fingerprint density at radius 3 is 2.36 bits per heavy atom. The number of aryl methyl sites for hydroxylation is 2. The van der Waals surface area contributed by atoms with Crippen LogP contribution in [-0.4, -0.2) is 47.7 Å². The van der Waals surface area contributed by atoms with Gasteiger partial charge in [0.1, 0.15) is 11.4 Å². The first kappa shape index (κ1) is 21.0. The molecule has 1 atom stereocenters. The average Bonchev–Trinajstić information content (AvgIpc) is 2.85. The predicted molar refractivity (Wildman–Crippen MR) is 93.5 cm³/mol. The van der Waals surface area contributed by atoms with Crippen molar-refractivity contribution in [1.82, 2.24) is 9.88 Å². The maximum absolute atomic E-state index is 12.3. The van der Waals surface area contributed by atoms with Crippen LogP contribution in [0.3, 0.4) is 0 Å². The number of aromatic nitrogens is 1. The summed E-state index contributed by atoms with van der Waals surface area (Å²) in [7, 11) is 3.04. The van der Waals surface area contributed by atoms with Crippen LogP contribution in [0.4, 0.5) is 4.79 Å². The molecule has 0 aliphatic carbocycles. The summed E-state index contributed by atoms with van der Waals surface area (Å²) in [5.74, 6) is 0.608. The van der Waals surface area contributed by atoms with E-state index in [0.717, 1.165) is 0 Å². The molecule has 7 nitrogen and oxygen atoms in total. The zero-order chi connectivity index (χ0) is 19.4. The van der Waals surface area contributed by atoms with Gasteiger partial charge in [-0.25, -0.2) is 14.6 Å². The van der Waals surface area contributed by atoms with Gasteiger partial charge in [0.05, 0.1) is 7.11 Å². The average molecular weight is 354 g/mol. The van der Waals surface area contributed by atoms with E-state index in [1.807, 2.05) is 34.6 Å². The number of hydrogen-bond acceptors (Lipinski definition) is 6. The first-order chi connectivity index (χ1) is 11.5. The zero-order valence-corrected chi connectivity index (χ0v) is 16.5. The number of oxazole rings is 1. The van der Waals surface area contributed by atoms with Gasteiger partial charge in [0.15, 0.2) is 11.6 Å². The molecule has 1 heterocycles. The van der Waals surface area contributed by atoms with E-state index in [9.17, 15) is 9.59 Å². The van der Waals surface area contributed by atoms with E-state index >= 15 is 0 Å². The number of rotatable bonds is 6. The molecule has 0 saturated heterocycles. The quantitative estimate of drug-likeness (QED) is 0.726. The molecule has 0 aliphatic rings. The smallest absolute Gasteiger partial charge is 0.410 e. The summed E-state index contributed by atoms with van der Waals surface area (Å²) in [5, 5.41) is 0. The molecule has 0 unspecified atom stereocenters. The molecule has 1 aromatic heterocycles. The third-order valence-electron chi connectivity index (χ3n) is 3.82. The Hall–Kier alpha value is -2.05. The SMILES string of the molecule is COC(=O)c1nc(CC[C@H](C(C)C)N(C)C(=O)OC(C)(C)C)oc1C. The fraction of sp³-hybridized carbons (Fsp3) is 0.722. The Morgan fingerprint density at radius 2 is 1.88 bits per heavy atom. The van der Waals surface area contributed by atoms with Crippen LogP contribution in [0.1, 0.15) is 63.2 Å².